The van der Waals surface area contributed by atoms with E-state index in [2.05, 4.69) is 4.98 Å². The number of aromatic nitrogens is 1. The van der Waals surface area contributed by atoms with Crippen molar-refractivity contribution in [2.75, 3.05) is 6.61 Å². The maximum atomic E-state index is 11.4. The van der Waals surface area contributed by atoms with Crippen molar-refractivity contribution in [3.63, 3.8) is 0 Å². The van der Waals surface area contributed by atoms with E-state index in [-0.39, 0.29) is 6.61 Å². The molecule has 0 fully saturated rings. The maximum Gasteiger partial charge on any atom is 0.355 e. The van der Waals surface area contributed by atoms with Crippen LogP contribution in [0.5, 0.6) is 0 Å². The molecule has 1 N–H and O–H groups in total. The molecule has 0 saturated heterocycles. The predicted octanol–water partition coefficient (Wildman–Crippen LogP) is 2.01. The second-order valence-electron chi connectivity index (χ2n) is 3.28. The topological polar surface area (TPSA) is 65.9 Å². The van der Waals surface area contributed by atoms with Crippen molar-refractivity contribution in [3.05, 3.63) is 35.2 Å². The highest BCUT2D eigenvalue weighted by atomic mass is 16.5. The van der Waals surface area contributed by atoms with E-state index in [1.54, 1.807) is 0 Å². The zero-order chi connectivity index (χ0) is 11.3. The monoisotopic (exact) mass is 204 g/mol. The smallest absolute Gasteiger partial charge is 0.355 e. The Labute approximate surface area is 88.2 Å². The molecule has 0 radical (unpaired) electrons. The second kappa shape index (κ2) is 5.01. The molecule has 0 bridgehead atoms. The van der Waals surface area contributed by atoms with E-state index >= 15 is 0 Å². The number of allylic oxidation sites excluding steroid dienone is 1. The van der Waals surface area contributed by atoms with Crippen LogP contribution in [-0.4, -0.2) is 17.6 Å². The molecule has 0 saturated carbocycles. The predicted molar refractivity (Wildman–Crippen MR) is 55.2 cm³/mol. The first-order chi connectivity index (χ1) is 7.13. The van der Waals surface area contributed by atoms with E-state index in [0.717, 1.165) is 5.57 Å². The lowest BCUT2D eigenvalue weighted by molar-refractivity contribution is 0.0543. The minimum Gasteiger partial charge on any atom is -0.457 e. The molecule has 78 valence electrons. The first kappa shape index (κ1) is 11.1. The quantitative estimate of drug-likeness (QED) is 0.605. The second-order valence-corrected chi connectivity index (χ2v) is 3.28. The van der Waals surface area contributed by atoms with Gasteiger partial charge in [0.15, 0.2) is 0 Å². The third-order valence-electron chi connectivity index (χ3n) is 1.73. The molecule has 4 heteroatoms. The molecule has 0 aliphatic rings. The molecule has 0 unspecified atom stereocenters. The summed E-state index contributed by atoms with van der Waals surface area (Å²) in [5.41, 5.74) is 1.74. The van der Waals surface area contributed by atoms with Crippen LogP contribution in [0.25, 0.3) is 0 Å². The van der Waals surface area contributed by atoms with Gasteiger partial charge < -0.3 is 9.72 Å². The lowest BCUT2D eigenvalue weighted by atomic mass is 10.3. The third kappa shape index (κ3) is 3.31. The lowest BCUT2D eigenvalue weighted by Crippen LogP contribution is -2.05. The van der Waals surface area contributed by atoms with Crippen LogP contribution >= 0.6 is 0 Å². The van der Waals surface area contributed by atoms with Gasteiger partial charge in [-0.1, -0.05) is 5.57 Å². The van der Waals surface area contributed by atoms with Crippen molar-refractivity contribution in [1.82, 2.24) is 4.98 Å². The summed E-state index contributed by atoms with van der Waals surface area (Å²) < 4.78 is 4.94. The van der Waals surface area contributed by atoms with E-state index in [0.29, 0.717) is 11.4 Å². The SMILES string of the molecule is CC(C)=CCOC(=O)c1ccc(C#N)[nH]1. The van der Waals surface area contributed by atoms with Gasteiger partial charge in [0.2, 0.25) is 0 Å². The summed E-state index contributed by atoms with van der Waals surface area (Å²) in [6.07, 6.45) is 1.81. The van der Waals surface area contributed by atoms with Gasteiger partial charge in [0.05, 0.1) is 0 Å². The van der Waals surface area contributed by atoms with Crippen molar-refractivity contribution in [2.45, 2.75) is 13.8 Å². The van der Waals surface area contributed by atoms with Gasteiger partial charge in [-0.3, -0.25) is 0 Å². The lowest BCUT2D eigenvalue weighted by Gasteiger charge is -1.99. The van der Waals surface area contributed by atoms with Gasteiger partial charge in [-0.05, 0) is 32.1 Å². The molecular weight excluding hydrogens is 192 g/mol. The Morgan fingerprint density at radius 1 is 1.60 bits per heavy atom. The number of rotatable bonds is 3. The number of carbonyl (C=O) groups excluding carboxylic acids is 1. The minimum absolute atomic E-state index is 0.252. The minimum atomic E-state index is -0.450. The van der Waals surface area contributed by atoms with Gasteiger partial charge in [-0.25, -0.2) is 4.79 Å². The van der Waals surface area contributed by atoms with E-state index in [4.69, 9.17) is 10.00 Å². The summed E-state index contributed by atoms with van der Waals surface area (Å²) in [5, 5.41) is 8.54. The summed E-state index contributed by atoms with van der Waals surface area (Å²) in [5.74, 6) is -0.450. The van der Waals surface area contributed by atoms with Gasteiger partial charge >= 0.3 is 5.97 Å². The standard InChI is InChI=1S/C11H12N2O2/c1-8(2)5-6-15-11(14)10-4-3-9(7-12)13-10/h3-5,13H,6H2,1-2H3. The van der Waals surface area contributed by atoms with Crippen molar-refractivity contribution in [2.24, 2.45) is 0 Å². The van der Waals surface area contributed by atoms with Gasteiger partial charge in [-0.2, -0.15) is 5.26 Å². The van der Waals surface area contributed by atoms with Crippen molar-refractivity contribution in [1.29, 1.82) is 5.26 Å². The number of nitrogens with one attached hydrogen (secondary N) is 1. The molecule has 0 amide bonds. The average molecular weight is 204 g/mol. The first-order valence-electron chi connectivity index (χ1n) is 4.53. The molecule has 1 aromatic heterocycles. The van der Waals surface area contributed by atoms with E-state index in [1.807, 2.05) is 26.0 Å². The van der Waals surface area contributed by atoms with Crippen LogP contribution in [0, 0.1) is 11.3 Å². The summed E-state index contributed by atoms with van der Waals surface area (Å²) in [6, 6.07) is 4.97. The van der Waals surface area contributed by atoms with Gasteiger partial charge in [0, 0.05) is 0 Å². The highest BCUT2D eigenvalue weighted by molar-refractivity contribution is 5.87. The van der Waals surface area contributed by atoms with Crippen LogP contribution < -0.4 is 0 Å². The van der Waals surface area contributed by atoms with Gasteiger partial charge in [0.25, 0.3) is 0 Å². The molecule has 0 spiro atoms. The largest absolute Gasteiger partial charge is 0.457 e. The number of aromatic amines is 1. The zero-order valence-corrected chi connectivity index (χ0v) is 8.70. The van der Waals surface area contributed by atoms with E-state index < -0.39 is 5.97 Å². The number of hydrogen-bond acceptors (Lipinski definition) is 3. The summed E-state index contributed by atoms with van der Waals surface area (Å²) in [6.45, 7) is 4.11. The molecule has 0 atom stereocenters. The van der Waals surface area contributed by atoms with E-state index in [9.17, 15) is 4.79 Å². The number of nitrogens with zero attached hydrogens (tertiary/aromatic N) is 1. The highest BCUT2D eigenvalue weighted by Crippen LogP contribution is 2.02. The maximum absolute atomic E-state index is 11.4. The van der Waals surface area contributed by atoms with Crippen LogP contribution in [0.15, 0.2) is 23.8 Å². The summed E-state index contributed by atoms with van der Waals surface area (Å²) in [7, 11) is 0. The summed E-state index contributed by atoms with van der Waals surface area (Å²) >= 11 is 0. The Kier molecular flexibility index (Phi) is 3.69. The highest BCUT2D eigenvalue weighted by Gasteiger charge is 2.08. The number of H-pyrrole nitrogens is 1. The van der Waals surface area contributed by atoms with E-state index in [1.165, 1.54) is 12.1 Å². The number of hydrogen-bond donors (Lipinski definition) is 1. The molecule has 1 heterocycles. The molecule has 0 aromatic carbocycles. The average Bonchev–Trinajstić information content (AvgIpc) is 2.65. The molecule has 0 aliphatic heterocycles. The Morgan fingerprint density at radius 3 is 2.87 bits per heavy atom. The van der Waals surface area contributed by atoms with Gasteiger partial charge in [0.1, 0.15) is 24.1 Å². The van der Waals surface area contributed by atoms with Gasteiger partial charge in [-0.15, -0.1) is 0 Å². The van der Waals surface area contributed by atoms with Crippen molar-refractivity contribution >= 4 is 5.97 Å². The molecule has 1 aromatic rings. The fourth-order valence-electron chi connectivity index (χ4n) is 0.941. The fraction of sp³-hybridized carbons (Fsp3) is 0.273. The first-order valence-corrected chi connectivity index (χ1v) is 4.53. The Bertz CT molecular complexity index is 420. The molecular formula is C11H12N2O2. The Balaban J connectivity index is 2.55. The number of ether oxygens (including phenoxy) is 1. The van der Waals surface area contributed by atoms with Crippen LogP contribution in [0.2, 0.25) is 0 Å². The van der Waals surface area contributed by atoms with Crippen LogP contribution in [0.4, 0.5) is 0 Å². The normalized spacial score (nSPS) is 9.13. The molecule has 0 aliphatic carbocycles. The van der Waals surface area contributed by atoms with Crippen LogP contribution in [-0.2, 0) is 4.74 Å². The molecule has 1 rings (SSSR count). The third-order valence-corrected chi connectivity index (χ3v) is 1.73. The fourth-order valence-corrected chi connectivity index (χ4v) is 0.941. The molecule has 4 nitrogen and oxygen atoms in total. The summed E-state index contributed by atoms with van der Waals surface area (Å²) in [4.78, 5) is 14.0. The Hall–Kier alpha value is -2.02. The molecule has 15 heavy (non-hydrogen) atoms. The van der Waals surface area contributed by atoms with Crippen LogP contribution in [0.1, 0.15) is 30.0 Å². The zero-order valence-electron chi connectivity index (χ0n) is 8.70. The Morgan fingerprint density at radius 2 is 2.33 bits per heavy atom. The van der Waals surface area contributed by atoms with Crippen molar-refractivity contribution < 1.29 is 9.53 Å². The van der Waals surface area contributed by atoms with Crippen molar-refractivity contribution in [3.8, 4) is 6.07 Å². The number of nitriles is 1. The van der Waals surface area contributed by atoms with Crippen LogP contribution in [0.3, 0.4) is 0 Å². The number of carbonyl (C=O) groups is 1. The number of esters is 1.